The molecule has 0 spiro atoms. The first-order valence-corrected chi connectivity index (χ1v) is 10.4. The number of benzene rings is 2. The van der Waals surface area contributed by atoms with E-state index in [4.69, 9.17) is 4.74 Å². The molecule has 160 valence electrons. The lowest BCUT2D eigenvalue weighted by molar-refractivity contribution is -0.0585. The Balaban J connectivity index is 1.70. The zero-order valence-corrected chi connectivity index (χ0v) is 17.9. The van der Waals surface area contributed by atoms with Crippen LogP contribution in [0.3, 0.4) is 0 Å². The molecule has 0 aliphatic carbocycles. The molecule has 1 saturated heterocycles. The molecule has 0 bridgehead atoms. The summed E-state index contributed by atoms with van der Waals surface area (Å²) in [5, 5.41) is 7.34. The molecule has 2 heterocycles. The van der Waals surface area contributed by atoms with Crippen molar-refractivity contribution in [1.82, 2.24) is 14.7 Å². The Kier molecular flexibility index (Phi) is 5.86. The van der Waals surface area contributed by atoms with Gasteiger partial charge in [-0.05, 0) is 45.0 Å². The number of nitrogens with one attached hydrogen (secondary N) is 1. The van der Waals surface area contributed by atoms with Crippen molar-refractivity contribution < 1.29 is 14.3 Å². The van der Waals surface area contributed by atoms with Gasteiger partial charge in [0.2, 0.25) is 0 Å². The van der Waals surface area contributed by atoms with Crippen LogP contribution in [0.1, 0.15) is 40.1 Å². The van der Waals surface area contributed by atoms with Gasteiger partial charge >= 0.3 is 0 Å². The second kappa shape index (κ2) is 8.73. The van der Waals surface area contributed by atoms with Crippen molar-refractivity contribution in [3.05, 3.63) is 77.5 Å². The average molecular weight is 418 g/mol. The third kappa shape index (κ3) is 4.51. The molecule has 0 radical (unpaired) electrons. The molecular weight excluding hydrogens is 392 g/mol. The van der Waals surface area contributed by atoms with Crippen LogP contribution in [0.15, 0.2) is 60.8 Å². The molecule has 31 heavy (non-hydrogen) atoms. The fraction of sp³-hybridized carbons (Fsp3) is 0.292. The highest BCUT2D eigenvalue weighted by atomic mass is 16.5. The summed E-state index contributed by atoms with van der Waals surface area (Å²) in [7, 11) is 0. The molecule has 7 heteroatoms. The van der Waals surface area contributed by atoms with Crippen LogP contribution >= 0.6 is 0 Å². The first kappa shape index (κ1) is 20.8. The largest absolute Gasteiger partial charge is 0.372 e. The lowest BCUT2D eigenvalue weighted by Gasteiger charge is -2.35. The number of amides is 2. The number of hydrogen-bond donors (Lipinski definition) is 1. The number of hydrogen-bond acceptors (Lipinski definition) is 4. The highest BCUT2D eigenvalue weighted by Gasteiger charge is 2.30. The molecule has 1 N–H and O–H groups in total. The Hall–Kier alpha value is -3.45. The molecule has 2 aromatic carbocycles. The lowest BCUT2D eigenvalue weighted by atomic mass is 10.1. The van der Waals surface area contributed by atoms with Crippen molar-refractivity contribution >= 4 is 17.6 Å². The van der Waals surface area contributed by atoms with Gasteiger partial charge < -0.3 is 15.0 Å². The van der Waals surface area contributed by atoms with Crippen LogP contribution < -0.4 is 5.32 Å². The number of carbonyl (C=O) groups is 2. The number of anilines is 1. The molecule has 0 unspecified atom stereocenters. The maximum atomic E-state index is 13.4. The molecule has 1 aliphatic heterocycles. The van der Waals surface area contributed by atoms with Gasteiger partial charge in [-0.25, -0.2) is 4.68 Å². The summed E-state index contributed by atoms with van der Waals surface area (Å²) >= 11 is 0. The van der Waals surface area contributed by atoms with Gasteiger partial charge in [-0.2, -0.15) is 5.10 Å². The fourth-order valence-corrected chi connectivity index (χ4v) is 3.79. The van der Waals surface area contributed by atoms with E-state index in [0.717, 1.165) is 11.3 Å². The van der Waals surface area contributed by atoms with E-state index in [2.05, 4.69) is 10.4 Å². The van der Waals surface area contributed by atoms with Gasteiger partial charge in [0.05, 0.1) is 24.1 Å². The SMILES string of the molecule is Cc1ccc(C(=O)Nc2c(C(=O)N3C[C@@H](C)O[C@@H](C)C3)cnn2-c2ccccc2)cc1. The summed E-state index contributed by atoms with van der Waals surface area (Å²) in [6.07, 6.45) is 1.41. The quantitative estimate of drug-likeness (QED) is 0.701. The van der Waals surface area contributed by atoms with Gasteiger partial charge in [0, 0.05) is 18.7 Å². The van der Waals surface area contributed by atoms with Crippen molar-refractivity contribution in [2.45, 2.75) is 33.0 Å². The summed E-state index contributed by atoms with van der Waals surface area (Å²) < 4.78 is 7.34. The summed E-state index contributed by atoms with van der Waals surface area (Å²) in [6, 6.07) is 16.7. The Morgan fingerprint density at radius 1 is 1.00 bits per heavy atom. The van der Waals surface area contributed by atoms with Crippen LogP contribution in [-0.2, 0) is 4.74 Å². The van der Waals surface area contributed by atoms with Gasteiger partial charge in [0.1, 0.15) is 11.4 Å². The lowest BCUT2D eigenvalue weighted by Crippen LogP contribution is -2.48. The predicted octanol–water partition coefficient (Wildman–Crippen LogP) is 3.68. The van der Waals surface area contributed by atoms with Crippen LogP contribution in [0.25, 0.3) is 5.69 Å². The predicted molar refractivity (Wildman–Crippen MR) is 119 cm³/mol. The van der Waals surface area contributed by atoms with Crippen molar-refractivity contribution in [3.63, 3.8) is 0 Å². The first-order valence-electron chi connectivity index (χ1n) is 10.4. The molecule has 1 aliphatic rings. The van der Waals surface area contributed by atoms with E-state index in [-0.39, 0.29) is 24.0 Å². The van der Waals surface area contributed by atoms with E-state index < -0.39 is 0 Å². The van der Waals surface area contributed by atoms with E-state index in [1.54, 1.807) is 21.7 Å². The molecule has 2 amide bonds. The third-order valence-electron chi connectivity index (χ3n) is 5.25. The van der Waals surface area contributed by atoms with E-state index in [1.807, 2.05) is 63.2 Å². The van der Waals surface area contributed by atoms with Crippen LogP contribution in [-0.4, -0.2) is 51.8 Å². The normalized spacial score (nSPS) is 18.6. The molecule has 1 aromatic heterocycles. The molecular formula is C24H26N4O3. The molecule has 0 saturated carbocycles. The van der Waals surface area contributed by atoms with E-state index in [1.165, 1.54) is 6.20 Å². The first-order chi connectivity index (χ1) is 14.9. The zero-order valence-electron chi connectivity index (χ0n) is 17.9. The molecule has 3 aromatic rings. The summed E-state index contributed by atoms with van der Waals surface area (Å²) in [4.78, 5) is 28.1. The standard InChI is InChI=1S/C24H26N4O3/c1-16-9-11-19(12-10-16)23(29)26-22-21(13-25-28(22)20-7-5-4-6-8-20)24(30)27-14-17(2)31-18(3)15-27/h4-13,17-18H,14-15H2,1-3H3,(H,26,29)/t17-,18+. The van der Waals surface area contributed by atoms with Crippen LogP contribution in [0.4, 0.5) is 5.82 Å². The van der Waals surface area contributed by atoms with E-state index in [9.17, 15) is 9.59 Å². The van der Waals surface area contributed by atoms with Crippen molar-refractivity contribution in [1.29, 1.82) is 0 Å². The summed E-state index contributed by atoms with van der Waals surface area (Å²) in [5.41, 5.74) is 2.69. The van der Waals surface area contributed by atoms with Crippen molar-refractivity contribution in [2.24, 2.45) is 0 Å². The molecule has 2 atom stereocenters. The minimum atomic E-state index is -0.296. The zero-order chi connectivity index (χ0) is 22.0. The van der Waals surface area contributed by atoms with Crippen molar-refractivity contribution in [3.8, 4) is 5.69 Å². The smallest absolute Gasteiger partial charge is 0.259 e. The van der Waals surface area contributed by atoms with Gasteiger partial charge in [0.15, 0.2) is 0 Å². The number of carbonyl (C=O) groups excluding carboxylic acids is 2. The second-order valence-corrected chi connectivity index (χ2v) is 7.94. The van der Waals surface area contributed by atoms with Gasteiger partial charge in [-0.15, -0.1) is 0 Å². The van der Waals surface area contributed by atoms with Crippen LogP contribution in [0.5, 0.6) is 0 Å². The van der Waals surface area contributed by atoms with Gasteiger partial charge in [-0.3, -0.25) is 9.59 Å². The Labute approximate surface area is 181 Å². The minimum Gasteiger partial charge on any atom is -0.372 e. The number of ether oxygens (including phenoxy) is 1. The van der Waals surface area contributed by atoms with E-state index in [0.29, 0.717) is 30.0 Å². The number of rotatable bonds is 4. The fourth-order valence-electron chi connectivity index (χ4n) is 3.79. The summed E-state index contributed by atoms with van der Waals surface area (Å²) in [5.74, 6) is -0.118. The van der Waals surface area contributed by atoms with Crippen LogP contribution in [0, 0.1) is 6.92 Å². The Morgan fingerprint density at radius 2 is 1.65 bits per heavy atom. The van der Waals surface area contributed by atoms with Crippen molar-refractivity contribution in [2.75, 3.05) is 18.4 Å². The summed E-state index contributed by atoms with van der Waals surface area (Å²) in [6.45, 7) is 6.84. The molecule has 1 fully saturated rings. The Morgan fingerprint density at radius 3 is 2.29 bits per heavy atom. The minimum absolute atomic E-state index is 0.0533. The second-order valence-electron chi connectivity index (χ2n) is 7.94. The maximum Gasteiger partial charge on any atom is 0.259 e. The number of aromatic nitrogens is 2. The number of morpholine rings is 1. The van der Waals surface area contributed by atoms with Crippen LogP contribution in [0.2, 0.25) is 0 Å². The Bertz CT molecular complexity index is 1070. The third-order valence-corrected chi connectivity index (χ3v) is 5.25. The monoisotopic (exact) mass is 418 g/mol. The number of para-hydroxylation sites is 1. The highest BCUT2D eigenvalue weighted by molar-refractivity contribution is 6.08. The topological polar surface area (TPSA) is 76.5 Å². The molecule has 4 rings (SSSR count). The average Bonchev–Trinajstić information content (AvgIpc) is 3.17. The van der Waals surface area contributed by atoms with E-state index >= 15 is 0 Å². The molecule has 7 nitrogen and oxygen atoms in total. The van der Waals surface area contributed by atoms with Gasteiger partial charge in [-0.1, -0.05) is 35.9 Å². The number of aryl methyl sites for hydroxylation is 1. The number of nitrogens with zero attached hydrogens (tertiary/aromatic N) is 3. The van der Waals surface area contributed by atoms with Gasteiger partial charge in [0.25, 0.3) is 11.8 Å². The maximum absolute atomic E-state index is 13.4. The highest BCUT2D eigenvalue weighted by Crippen LogP contribution is 2.24.